The van der Waals surface area contributed by atoms with Gasteiger partial charge in [-0.15, -0.1) is 0 Å². The Bertz CT molecular complexity index is 1350. The van der Waals surface area contributed by atoms with E-state index in [-0.39, 0.29) is 19.0 Å². The van der Waals surface area contributed by atoms with Gasteiger partial charge in [-0.1, -0.05) is 18.2 Å². The van der Waals surface area contributed by atoms with Gasteiger partial charge in [0.25, 0.3) is 5.91 Å². The number of carbonyl (C=O) groups excluding carboxylic acids is 2. The number of hydrogen-bond acceptors (Lipinski definition) is 9. The van der Waals surface area contributed by atoms with Crippen LogP contribution in [0.2, 0.25) is 0 Å². The van der Waals surface area contributed by atoms with Crippen LogP contribution in [0.3, 0.4) is 0 Å². The van der Waals surface area contributed by atoms with Crippen molar-refractivity contribution in [1.29, 1.82) is 0 Å². The number of amides is 1. The zero-order chi connectivity index (χ0) is 27.6. The highest BCUT2D eigenvalue weighted by molar-refractivity contribution is 7.98. The van der Waals surface area contributed by atoms with Crippen LogP contribution in [0.4, 0.5) is 4.39 Å². The Balaban J connectivity index is 1.37. The second-order valence-electron chi connectivity index (χ2n) is 10.1. The summed E-state index contributed by atoms with van der Waals surface area (Å²) in [5, 5.41) is 0.583. The lowest BCUT2D eigenvalue weighted by Crippen LogP contribution is -2.53. The highest BCUT2D eigenvalue weighted by Crippen LogP contribution is 2.38. The van der Waals surface area contributed by atoms with Gasteiger partial charge >= 0.3 is 5.97 Å². The Morgan fingerprint density at radius 2 is 1.79 bits per heavy atom. The summed E-state index contributed by atoms with van der Waals surface area (Å²) in [4.78, 5) is 42.2. The van der Waals surface area contributed by atoms with E-state index in [0.29, 0.717) is 46.5 Å². The van der Waals surface area contributed by atoms with E-state index in [0.717, 1.165) is 19.3 Å². The molecular formula is C27H30FN5O5S. The van der Waals surface area contributed by atoms with E-state index >= 15 is 0 Å². The fraction of sp³-hybridized carbons (Fsp3) is 0.444. The molecule has 0 radical (unpaired) electrons. The van der Waals surface area contributed by atoms with Gasteiger partial charge in [0.1, 0.15) is 11.2 Å². The molecule has 3 heterocycles. The first kappa shape index (κ1) is 27.2. The normalized spacial score (nSPS) is 22.8. The topological polar surface area (TPSA) is 142 Å². The molecule has 0 spiro atoms. The molecule has 3 N–H and O–H groups in total. The molecule has 0 bridgehead atoms. The van der Waals surface area contributed by atoms with Crippen LogP contribution in [0, 0.1) is 11.2 Å². The van der Waals surface area contributed by atoms with Crippen molar-refractivity contribution >= 4 is 23.6 Å². The van der Waals surface area contributed by atoms with E-state index in [2.05, 4.69) is 15.0 Å². The van der Waals surface area contributed by atoms with E-state index < -0.39 is 29.2 Å². The number of aromatic amines is 1. The number of esters is 1. The number of thioether (sulfide) groups is 1. The van der Waals surface area contributed by atoms with Crippen molar-refractivity contribution in [3.8, 4) is 22.6 Å². The number of carbonyl (C=O) groups is 2. The minimum absolute atomic E-state index is 0.0165. The van der Waals surface area contributed by atoms with Crippen molar-refractivity contribution in [2.75, 3.05) is 19.5 Å². The van der Waals surface area contributed by atoms with Crippen molar-refractivity contribution < 1.29 is 28.2 Å². The first-order valence-electron chi connectivity index (χ1n) is 12.7. The zero-order valence-corrected chi connectivity index (χ0v) is 22.6. The quantitative estimate of drug-likeness (QED) is 0.249. The maximum absolute atomic E-state index is 13.6. The first-order valence-corrected chi connectivity index (χ1v) is 14.0. The number of halogens is 1. The van der Waals surface area contributed by atoms with E-state index in [9.17, 15) is 14.0 Å². The molecule has 12 heteroatoms. The van der Waals surface area contributed by atoms with Crippen LogP contribution in [-0.4, -0.2) is 56.9 Å². The summed E-state index contributed by atoms with van der Waals surface area (Å²) in [6.45, 7) is 1.64. The van der Waals surface area contributed by atoms with Crippen LogP contribution in [0.15, 0.2) is 41.7 Å². The van der Waals surface area contributed by atoms with E-state index in [1.165, 1.54) is 23.9 Å². The van der Waals surface area contributed by atoms with Gasteiger partial charge in [0.15, 0.2) is 16.6 Å². The predicted octanol–water partition coefficient (Wildman–Crippen LogP) is 4.18. The molecule has 1 saturated heterocycles. The van der Waals surface area contributed by atoms with E-state index in [1.807, 2.05) is 6.26 Å². The maximum atomic E-state index is 13.6. The number of nitrogens with one attached hydrogen (secondary N) is 1. The lowest BCUT2D eigenvalue weighted by Gasteiger charge is -2.39. The van der Waals surface area contributed by atoms with Crippen LogP contribution in [0.1, 0.15) is 51.1 Å². The number of ether oxygens (including phenoxy) is 3. The van der Waals surface area contributed by atoms with Gasteiger partial charge in [-0.25, -0.2) is 19.3 Å². The lowest BCUT2D eigenvalue weighted by molar-refractivity contribution is -0.243. The molecule has 2 fully saturated rings. The molecule has 1 amide bonds. The zero-order valence-electron chi connectivity index (χ0n) is 21.7. The highest BCUT2D eigenvalue weighted by atomic mass is 32.2. The van der Waals surface area contributed by atoms with Crippen molar-refractivity contribution in [3.63, 3.8) is 0 Å². The summed E-state index contributed by atoms with van der Waals surface area (Å²) in [7, 11) is 0. The number of primary amides is 1. The Morgan fingerprint density at radius 1 is 1.10 bits per heavy atom. The monoisotopic (exact) mass is 555 g/mol. The van der Waals surface area contributed by atoms with Crippen LogP contribution >= 0.6 is 11.8 Å². The highest BCUT2D eigenvalue weighted by Gasteiger charge is 2.48. The Kier molecular flexibility index (Phi) is 7.70. The fourth-order valence-electron chi connectivity index (χ4n) is 4.79. The second-order valence-corrected chi connectivity index (χ2v) is 10.9. The molecule has 0 unspecified atom stereocenters. The Morgan fingerprint density at radius 3 is 2.44 bits per heavy atom. The third-order valence-corrected chi connectivity index (χ3v) is 7.69. The summed E-state index contributed by atoms with van der Waals surface area (Å²) in [5.41, 5.74) is 5.62. The number of nitrogens with two attached hydrogens (primary N) is 1. The Labute approximate surface area is 229 Å². The van der Waals surface area contributed by atoms with Gasteiger partial charge in [0.2, 0.25) is 6.29 Å². The summed E-state index contributed by atoms with van der Waals surface area (Å²) in [6.07, 6.45) is 5.96. The molecule has 0 atom stereocenters. The number of H-pyrrole nitrogens is 1. The van der Waals surface area contributed by atoms with Crippen LogP contribution < -0.4 is 5.73 Å². The number of hydrogen-bond donors (Lipinski definition) is 2. The molecule has 2 aromatic heterocycles. The molecule has 2 aliphatic rings. The molecule has 39 heavy (non-hydrogen) atoms. The molecular weight excluding hydrogens is 525 g/mol. The van der Waals surface area contributed by atoms with Gasteiger partial charge in [0, 0.05) is 11.8 Å². The molecule has 5 rings (SSSR count). The van der Waals surface area contributed by atoms with Crippen molar-refractivity contribution in [2.24, 2.45) is 11.1 Å². The van der Waals surface area contributed by atoms with E-state index in [1.54, 1.807) is 31.3 Å². The fourth-order valence-corrected chi connectivity index (χ4v) is 5.15. The van der Waals surface area contributed by atoms with Crippen molar-refractivity contribution in [1.82, 2.24) is 19.9 Å². The number of imidazole rings is 1. The smallest absolute Gasteiger partial charge is 0.317 e. The number of rotatable bonds is 7. The van der Waals surface area contributed by atoms with Crippen molar-refractivity contribution in [2.45, 2.75) is 56.1 Å². The van der Waals surface area contributed by atoms with Crippen LogP contribution in [-0.2, 0) is 23.8 Å². The Hall–Kier alpha value is -3.35. The van der Waals surface area contributed by atoms with E-state index in [4.69, 9.17) is 24.9 Å². The number of aromatic nitrogens is 4. The average Bonchev–Trinajstić information content (AvgIpc) is 3.40. The van der Waals surface area contributed by atoms with Crippen molar-refractivity contribution in [3.05, 3.63) is 48.2 Å². The minimum atomic E-state index is -1.29. The van der Waals surface area contributed by atoms with Gasteiger partial charge in [-0.3, -0.25) is 9.59 Å². The standard InChI is InChI=1S/C27H30FN5O5S/c1-26(24(35)38-27(23(29)34)11-4-3-5-12-27)14-36-22(37-15-26)21-32-19(16-6-8-17(28)9-7-16)20(33-21)18-10-13-30-25(31-18)39-2/h6-10,13,22H,3-5,11-12,14-15H2,1-2H3,(H2,29,34)(H,32,33). The van der Waals surface area contributed by atoms with Gasteiger partial charge in [-0.05, 0) is 69.2 Å². The first-order chi connectivity index (χ1) is 18.7. The van der Waals surface area contributed by atoms with Gasteiger partial charge in [0.05, 0.1) is 30.3 Å². The molecule has 10 nitrogen and oxygen atoms in total. The second kappa shape index (κ2) is 11.0. The summed E-state index contributed by atoms with van der Waals surface area (Å²) < 4.78 is 31.3. The van der Waals surface area contributed by atoms with Gasteiger partial charge in [-0.2, -0.15) is 0 Å². The van der Waals surface area contributed by atoms with Crippen LogP contribution in [0.25, 0.3) is 22.6 Å². The molecule has 1 aliphatic heterocycles. The molecule has 1 saturated carbocycles. The SMILES string of the molecule is CSc1nccc(-c2[nH]c(C3OCC(C)(C(=O)OC4(C(N)=O)CCCCC4)CO3)nc2-c2ccc(F)cc2)n1. The molecule has 1 aliphatic carbocycles. The number of benzene rings is 1. The molecule has 3 aromatic rings. The van der Waals surface area contributed by atoms with Gasteiger partial charge < -0.3 is 24.9 Å². The minimum Gasteiger partial charge on any atom is -0.448 e. The molecule has 1 aromatic carbocycles. The van der Waals surface area contributed by atoms with Crippen LogP contribution in [0.5, 0.6) is 0 Å². The summed E-state index contributed by atoms with van der Waals surface area (Å²) in [6, 6.07) is 7.72. The third-order valence-electron chi connectivity index (χ3n) is 7.13. The number of nitrogens with zero attached hydrogens (tertiary/aromatic N) is 3. The largest absolute Gasteiger partial charge is 0.448 e. The summed E-state index contributed by atoms with van der Waals surface area (Å²) >= 11 is 1.40. The molecule has 206 valence electrons. The maximum Gasteiger partial charge on any atom is 0.317 e. The third kappa shape index (κ3) is 5.54. The predicted molar refractivity (Wildman–Crippen MR) is 141 cm³/mol. The summed E-state index contributed by atoms with van der Waals surface area (Å²) in [5.74, 6) is -1.20. The lowest BCUT2D eigenvalue weighted by atomic mass is 9.83. The average molecular weight is 556 g/mol.